The van der Waals surface area contributed by atoms with Crippen molar-refractivity contribution in [3.05, 3.63) is 34.9 Å². The molecule has 86 valence electrons. The molecule has 0 spiro atoms. The summed E-state index contributed by atoms with van der Waals surface area (Å²) in [5, 5.41) is 3.91. The van der Waals surface area contributed by atoms with E-state index in [1.807, 2.05) is 24.3 Å². The molecule has 1 heterocycles. The summed E-state index contributed by atoms with van der Waals surface area (Å²) in [5.74, 6) is 0.0901. The Labute approximate surface area is 99.7 Å². The highest BCUT2D eigenvalue weighted by atomic mass is 35.5. The molecule has 1 aliphatic rings. The lowest BCUT2D eigenvalue weighted by Gasteiger charge is -2.10. The van der Waals surface area contributed by atoms with Gasteiger partial charge in [0.25, 0.3) is 0 Å². The van der Waals surface area contributed by atoms with Crippen LogP contribution in [0.4, 0.5) is 0 Å². The van der Waals surface area contributed by atoms with Crippen molar-refractivity contribution in [2.24, 2.45) is 0 Å². The highest BCUT2D eigenvalue weighted by Crippen LogP contribution is 2.30. The van der Waals surface area contributed by atoms with Crippen LogP contribution in [0, 0.1) is 0 Å². The summed E-state index contributed by atoms with van der Waals surface area (Å²) in [4.78, 5) is 11.4. The van der Waals surface area contributed by atoms with Crippen molar-refractivity contribution in [1.29, 1.82) is 0 Å². The maximum Gasteiger partial charge on any atom is 0.322 e. The smallest absolute Gasteiger partial charge is 0.322 e. The number of hydrogen-bond donors (Lipinski definition) is 1. The Kier molecular flexibility index (Phi) is 3.46. The first-order valence-electron chi connectivity index (χ1n) is 5.28. The molecule has 0 amide bonds. The minimum atomic E-state index is -0.203. The van der Waals surface area contributed by atoms with Gasteiger partial charge in [0.05, 0.1) is 7.11 Å². The minimum absolute atomic E-state index is 0.199. The van der Waals surface area contributed by atoms with Crippen LogP contribution >= 0.6 is 11.6 Å². The maximum absolute atomic E-state index is 11.4. The molecular formula is C12H14ClNO2. The molecule has 1 N–H and O–H groups in total. The van der Waals surface area contributed by atoms with Gasteiger partial charge in [0, 0.05) is 11.6 Å². The van der Waals surface area contributed by atoms with Crippen molar-refractivity contribution in [2.45, 2.75) is 18.4 Å². The number of esters is 1. The average Bonchev–Trinajstić information content (AvgIpc) is 2.78. The molecule has 0 radical (unpaired) electrons. The Balaban J connectivity index is 2.09. The highest BCUT2D eigenvalue weighted by Gasteiger charge is 2.31. The number of benzene rings is 1. The molecule has 1 fully saturated rings. The molecule has 0 saturated carbocycles. The molecule has 1 saturated heterocycles. The van der Waals surface area contributed by atoms with E-state index in [4.69, 9.17) is 16.3 Å². The van der Waals surface area contributed by atoms with E-state index in [9.17, 15) is 4.79 Å². The monoisotopic (exact) mass is 239 g/mol. The second-order valence-electron chi connectivity index (χ2n) is 3.94. The van der Waals surface area contributed by atoms with Crippen LogP contribution in [0.2, 0.25) is 5.02 Å². The van der Waals surface area contributed by atoms with Gasteiger partial charge in [-0.05, 0) is 24.0 Å². The molecular weight excluding hydrogens is 226 g/mol. The zero-order valence-corrected chi connectivity index (χ0v) is 9.83. The van der Waals surface area contributed by atoms with Crippen molar-refractivity contribution in [3.8, 4) is 0 Å². The Morgan fingerprint density at radius 3 is 2.94 bits per heavy atom. The topological polar surface area (TPSA) is 38.3 Å². The fourth-order valence-electron chi connectivity index (χ4n) is 2.10. The molecule has 2 rings (SSSR count). The van der Waals surface area contributed by atoms with Crippen LogP contribution in [0.15, 0.2) is 24.3 Å². The van der Waals surface area contributed by atoms with Gasteiger partial charge in [-0.2, -0.15) is 0 Å². The largest absolute Gasteiger partial charge is 0.468 e. The second kappa shape index (κ2) is 4.85. The molecule has 2 unspecified atom stereocenters. The summed E-state index contributed by atoms with van der Waals surface area (Å²) < 4.78 is 4.71. The van der Waals surface area contributed by atoms with E-state index in [-0.39, 0.29) is 17.9 Å². The molecule has 1 aliphatic heterocycles. The van der Waals surface area contributed by atoms with Gasteiger partial charge in [0.2, 0.25) is 0 Å². The standard InChI is InChI=1S/C12H14ClNO2/c1-16-12(15)11-6-8(7-14-11)9-4-2-3-5-10(9)13/h2-5,8,11,14H,6-7H2,1H3. The predicted octanol–water partition coefficient (Wildman–Crippen LogP) is 1.96. The molecule has 16 heavy (non-hydrogen) atoms. The predicted molar refractivity (Wildman–Crippen MR) is 62.6 cm³/mol. The van der Waals surface area contributed by atoms with Crippen molar-refractivity contribution >= 4 is 17.6 Å². The Hall–Kier alpha value is -1.06. The van der Waals surface area contributed by atoms with Crippen LogP contribution in [0.5, 0.6) is 0 Å². The van der Waals surface area contributed by atoms with Crippen LogP contribution in [0.3, 0.4) is 0 Å². The lowest BCUT2D eigenvalue weighted by Crippen LogP contribution is -2.31. The van der Waals surface area contributed by atoms with Crippen LogP contribution in [0.25, 0.3) is 0 Å². The Morgan fingerprint density at radius 1 is 1.50 bits per heavy atom. The van der Waals surface area contributed by atoms with Gasteiger partial charge in [-0.1, -0.05) is 29.8 Å². The molecule has 4 heteroatoms. The SMILES string of the molecule is COC(=O)C1CC(c2ccccc2Cl)CN1. The second-order valence-corrected chi connectivity index (χ2v) is 4.35. The van der Waals surface area contributed by atoms with E-state index < -0.39 is 0 Å². The third-order valence-electron chi connectivity index (χ3n) is 2.96. The first-order chi connectivity index (χ1) is 7.72. The summed E-state index contributed by atoms with van der Waals surface area (Å²) in [5.41, 5.74) is 1.10. The van der Waals surface area contributed by atoms with Gasteiger partial charge in [-0.3, -0.25) is 4.79 Å². The number of hydrogen-bond acceptors (Lipinski definition) is 3. The van der Waals surface area contributed by atoms with Gasteiger partial charge in [-0.15, -0.1) is 0 Å². The van der Waals surface area contributed by atoms with E-state index in [1.54, 1.807) is 0 Å². The van der Waals surface area contributed by atoms with Gasteiger partial charge in [0.15, 0.2) is 0 Å². The quantitative estimate of drug-likeness (QED) is 0.802. The first-order valence-corrected chi connectivity index (χ1v) is 5.66. The molecule has 3 nitrogen and oxygen atoms in total. The molecule has 0 bridgehead atoms. The average molecular weight is 240 g/mol. The Bertz CT molecular complexity index is 394. The number of ether oxygens (including phenoxy) is 1. The molecule has 0 aliphatic carbocycles. The lowest BCUT2D eigenvalue weighted by atomic mass is 9.96. The van der Waals surface area contributed by atoms with E-state index in [1.165, 1.54) is 7.11 Å². The number of carbonyl (C=O) groups is 1. The fraction of sp³-hybridized carbons (Fsp3) is 0.417. The van der Waals surface area contributed by atoms with Crippen LogP contribution < -0.4 is 5.32 Å². The summed E-state index contributed by atoms with van der Waals surface area (Å²) in [6.45, 7) is 0.767. The van der Waals surface area contributed by atoms with Gasteiger partial charge in [-0.25, -0.2) is 0 Å². The number of nitrogens with one attached hydrogen (secondary N) is 1. The molecule has 0 aromatic heterocycles. The van der Waals surface area contributed by atoms with E-state index >= 15 is 0 Å². The summed E-state index contributed by atoms with van der Waals surface area (Å²) in [7, 11) is 1.41. The minimum Gasteiger partial charge on any atom is -0.468 e. The highest BCUT2D eigenvalue weighted by molar-refractivity contribution is 6.31. The van der Waals surface area contributed by atoms with Crippen LogP contribution in [-0.4, -0.2) is 25.7 Å². The molecule has 2 atom stereocenters. The van der Waals surface area contributed by atoms with Crippen molar-refractivity contribution in [1.82, 2.24) is 5.32 Å². The van der Waals surface area contributed by atoms with Gasteiger partial charge < -0.3 is 10.1 Å². The zero-order chi connectivity index (χ0) is 11.5. The van der Waals surface area contributed by atoms with E-state index in [0.29, 0.717) is 0 Å². The summed E-state index contributed by atoms with van der Waals surface area (Å²) >= 11 is 6.12. The summed E-state index contributed by atoms with van der Waals surface area (Å²) in [6, 6.07) is 7.56. The Morgan fingerprint density at radius 2 is 2.25 bits per heavy atom. The van der Waals surface area contributed by atoms with Gasteiger partial charge in [0.1, 0.15) is 6.04 Å². The normalized spacial score (nSPS) is 24.4. The lowest BCUT2D eigenvalue weighted by molar-refractivity contribution is -0.142. The summed E-state index contributed by atoms with van der Waals surface area (Å²) in [6.07, 6.45) is 0.746. The third kappa shape index (κ3) is 2.20. The number of carbonyl (C=O) groups excluding carboxylic acids is 1. The molecule has 1 aromatic rings. The van der Waals surface area contributed by atoms with Crippen molar-refractivity contribution in [2.75, 3.05) is 13.7 Å². The molecule has 1 aromatic carbocycles. The number of halogens is 1. The maximum atomic E-state index is 11.4. The zero-order valence-electron chi connectivity index (χ0n) is 9.07. The van der Waals surface area contributed by atoms with Crippen molar-refractivity contribution in [3.63, 3.8) is 0 Å². The number of methoxy groups -OCH3 is 1. The van der Waals surface area contributed by atoms with Crippen molar-refractivity contribution < 1.29 is 9.53 Å². The van der Waals surface area contributed by atoms with E-state index in [2.05, 4.69) is 5.32 Å². The number of rotatable bonds is 2. The first kappa shape index (κ1) is 11.4. The van der Waals surface area contributed by atoms with Gasteiger partial charge >= 0.3 is 5.97 Å². The van der Waals surface area contributed by atoms with Crippen LogP contribution in [-0.2, 0) is 9.53 Å². The third-order valence-corrected chi connectivity index (χ3v) is 3.31. The fourth-order valence-corrected chi connectivity index (χ4v) is 2.39. The van der Waals surface area contributed by atoms with E-state index in [0.717, 1.165) is 23.6 Å². The van der Waals surface area contributed by atoms with Crippen LogP contribution in [0.1, 0.15) is 17.9 Å².